The Morgan fingerprint density at radius 1 is 0.900 bits per heavy atom. The standard InChI is InChI=1S/C16H14N4/c1-17-15-10-14(12-6-3-2-4-7-12)19-16(20-15)13-8-5-9-18-11-13/h2-11H,1H3,(H,17,19,20). The largest absolute Gasteiger partial charge is 0.373 e. The quantitative estimate of drug-likeness (QED) is 0.787. The van der Waals surface area contributed by atoms with Crippen molar-refractivity contribution in [2.24, 2.45) is 0 Å². The number of nitrogens with one attached hydrogen (secondary N) is 1. The second-order valence-corrected chi connectivity index (χ2v) is 4.32. The molecule has 3 aromatic rings. The van der Waals surface area contributed by atoms with Gasteiger partial charge < -0.3 is 5.32 Å². The van der Waals surface area contributed by atoms with E-state index in [0.29, 0.717) is 5.82 Å². The Hall–Kier alpha value is -2.75. The SMILES string of the molecule is CNc1cc(-c2ccccc2)nc(-c2cccnc2)n1. The smallest absolute Gasteiger partial charge is 0.163 e. The van der Waals surface area contributed by atoms with Gasteiger partial charge in [-0.15, -0.1) is 0 Å². The van der Waals surface area contributed by atoms with E-state index in [4.69, 9.17) is 0 Å². The van der Waals surface area contributed by atoms with Gasteiger partial charge in [0.15, 0.2) is 5.82 Å². The molecule has 0 saturated carbocycles. The molecule has 0 amide bonds. The van der Waals surface area contributed by atoms with Crippen molar-refractivity contribution in [2.75, 3.05) is 12.4 Å². The first-order chi connectivity index (χ1) is 9.86. The summed E-state index contributed by atoms with van der Waals surface area (Å²) in [5.41, 5.74) is 2.86. The van der Waals surface area contributed by atoms with E-state index in [1.165, 1.54) is 0 Å². The number of benzene rings is 1. The zero-order valence-electron chi connectivity index (χ0n) is 11.1. The van der Waals surface area contributed by atoms with Crippen molar-refractivity contribution in [3.05, 3.63) is 60.9 Å². The minimum Gasteiger partial charge on any atom is -0.373 e. The lowest BCUT2D eigenvalue weighted by molar-refractivity contribution is 1.16. The van der Waals surface area contributed by atoms with Crippen molar-refractivity contribution < 1.29 is 0 Å². The second-order valence-electron chi connectivity index (χ2n) is 4.32. The number of pyridine rings is 1. The lowest BCUT2D eigenvalue weighted by atomic mass is 10.1. The Labute approximate surface area is 117 Å². The van der Waals surface area contributed by atoms with Gasteiger partial charge in [-0.2, -0.15) is 0 Å². The Balaban J connectivity index is 2.13. The van der Waals surface area contributed by atoms with Crippen LogP contribution in [-0.4, -0.2) is 22.0 Å². The van der Waals surface area contributed by atoms with E-state index >= 15 is 0 Å². The Morgan fingerprint density at radius 2 is 1.70 bits per heavy atom. The third-order valence-corrected chi connectivity index (χ3v) is 2.97. The van der Waals surface area contributed by atoms with Crippen molar-refractivity contribution in [1.29, 1.82) is 0 Å². The predicted octanol–water partition coefficient (Wildman–Crippen LogP) is 3.25. The highest BCUT2D eigenvalue weighted by molar-refractivity contribution is 5.67. The van der Waals surface area contributed by atoms with Crippen LogP contribution in [0.1, 0.15) is 0 Å². The third-order valence-electron chi connectivity index (χ3n) is 2.97. The van der Waals surface area contributed by atoms with E-state index in [1.54, 1.807) is 12.4 Å². The summed E-state index contributed by atoms with van der Waals surface area (Å²) in [6.07, 6.45) is 3.51. The number of hydrogen-bond acceptors (Lipinski definition) is 4. The first kappa shape index (κ1) is 12.3. The normalized spacial score (nSPS) is 10.2. The molecule has 0 spiro atoms. The summed E-state index contributed by atoms with van der Waals surface area (Å²) in [5.74, 6) is 1.46. The molecule has 0 aliphatic heterocycles. The van der Waals surface area contributed by atoms with E-state index in [1.807, 2.05) is 55.6 Å². The summed E-state index contributed by atoms with van der Waals surface area (Å²) in [6.45, 7) is 0. The van der Waals surface area contributed by atoms with Crippen molar-refractivity contribution in [3.63, 3.8) is 0 Å². The average Bonchev–Trinajstić information content (AvgIpc) is 2.56. The van der Waals surface area contributed by atoms with Crippen molar-refractivity contribution in [1.82, 2.24) is 15.0 Å². The predicted molar refractivity (Wildman–Crippen MR) is 80.2 cm³/mol. The van der Waals surface area contributed by atoms with Crippen LogP contribution < -0.4 is 5.32 Å². The molecule has 4 heteroatoms. The summed E-state index contributed by atoms with van der Waals surface area (Å²) in [4.78, 5) is 13.2. The van der Waals surface area contributed by atoms with Crippen LogP contribution in [-0.2, 0) is 0 Å². The van der Waals surface area contributed by atoms with E-state index in [2.05, 4.69) is 20.3 Å². The summed E-state index contributed by atoms with van der Waals surface area (Å²) in [5, 5.41) is 3.08. The molecular weight excluding hydrogens is 248 g/mol. The second kappa shape index (κ2) is 5.48. The topological polar surface area (TPSA) is 50.7 Å². The Kier molecular flexibility index (Phi) is 3.37. The lowest BCUT2D eigenvalue weighted by Gasteiger charge is -2.08. The number of nitrogens with zero attached hydrogens (tertiary/aromatic N) is 3. The molecule has 0 aliphatic rings. The fourth-order valence-electron chi connectivity index (χ4n) is 1.96. The molecule has 1 N–H and O–H groups in total. The van der Waals surface area contributed by atoms with E-state index < -0.39 is 0 Å². The third kappa shape index (κ3) is 2.49. The van der Waals surface area contributed by atoms with Crippen LogP contribution in [0.4, 0.5) is 5.82 Å². The van der Waals surface area contributed by atoms with Crippen LogP contribution in [0.3, 0.4) is 0 Å². The maximum Gasteiger partial charge on any atom is 0.163 e. The molecule has 2 aromatic heterocycles. The van der Waals surface area contributed by atoms with Gasteiger partial charge in [-0.1, -0.05) is 30.3 Å². The summed E-state index contributed by atoms with van der Waals surface area (Å²) in [7, 11) is 1.85. The molecule has 0 aliphatic carbocycles. The van der Waals surface area contributed by atoms with Crippen molar-refractivity contribution in [3.8, 4) is 22.6 Å². The van der Waals surface area contributed by atoms with Crippen LogP contribution >= 0.6 is 0 Å². The minimum atomic E-state index is 0.670. The van der Waals surface area contributed by atoms with Gasteiger partial charge in [-0.3, -0.25) is 4.98 Å². The van der Waals surface area contributed by atoms with Gasteiger partial charge in [0.2, 0.25) is 0 Å². The van der Waals surface area contributed by atoms with Gasteiger partial charge in [0.1, 0.15) is 5.82 Å². The molecule has 2 heterocycles. The van der Waals surface area contributed by atoms with Gasteiger partial charge in [-0.25, -0.2) is 9.97 Å². The summed E-state index contributed by atoms with van der Waals surface area (Å²) >= 11 is 0. The zero-order chi connectivity index (χ0) is 13.8. The van der Waals surface area contributed by atoms with E-state index in [0.717, 1.165) is 22.6 Å². The van der Waals surface area contributed by atoms with Crippen LogP contribution in [0, 0.1) is 0 Å². The Morgan fingerprint density at radius 3 is 2.40 bits per heavy atom. The fourth-order valence-corrected chi connectivity index (χ4v) is 1.96. The summed E-state index contributed by atoms with van der Waals surface area (Å²) < 4.78 is 0. The van der Waals surface area contributed by atoms with Crippen LogP contribution in [0.2, 0.25) is 0 Å². The molecule has 1 aromatic carbocycles. The van der Waals surface area contributed by atoms with Crippen LogP contribution in [0.5, 0.6) is 0 Å². The van der Waals surface area contributed by atoms with E-state index in [9.17, 15) is 0 Å². The van der Waals surface area contributed by atoms with Gasteiger partial charge in [0, 0.05) is 36.6 Å². The molecule has 0 saturated heterocycles. The highest BCUT2D eigenvalue weighted by Gasteiger charge is 2.07. The lowest BCUT2D eigenvalue weighted by Crippen LogP contribution is -1.98. The fraction of sp³-hybridized carbons (Fsp3) is 0.0625. The molecule has 20 heavy (non-hydrogen) atoms. The monoisotopic (exact) mass is 262 g/mol. The molecule has 0 radical (unpaired) electrons. The van der Waals surface area contributed by atoms with Gasteiger partial charge in [0.05, 0.1) is 5.69 Å². The molecule has 0 atom stereocenters. The molecule has 3 rings (SSSR count). The number of anilines is 1. The Bertz CT molecular complexity index is 638. The molecular formula is C16H14N4. The first-order valence-corrected chi connectivity index (χ1v) is 6.39. The molecule has 98 valence electrons. The highest BCUT2D eigenvalue weighted by Crippen LogP contribution is 2.23. The zero-order valence-corrected chi connectivity index (χ0v) is 11.1. The highest BCUT2D eigenvalue weighted by atomic mass is 15.0. The molecule has 0 unspecified atom stereocenters. The van der Waals surface area contributed by atoms with Crippen LogP contribution in [0.15, 0.2) is 60.9 Å². The average molecular weight is 262 g/mol. The molecule has 0 fully saturated rings. The maximum absolute atomic E-state index is 4.63. The summed E-state index contributed by atoms with van der Waals surface area (Å²) in [6, 6.07) is 15.8. The van der Waals surface area contributed by atoms with Crippen molar-refractivity contribution >= 4 is 5.82 Å². The molecule has 4 nitrogen and oxygen atoms in total. The van der Waals surface area contributed by atoms with Gasteiger partial charge in [0.25, 0.3) is 0 Å². The maximum atomic E-state index is 4.63. The van der Waals surface area contributed by atoms with Gasteiger partial charge in [-0.05, 0) is 12.1 Å². The van der Waals surface area contributed by atoms with Crippen LogP contribution in [0.25, 0.3) is 22.6 Å². The first-order valence-electron chi connectivity index (χ1n) is 6.39. The van der Waals surface area contributed by atoms with E-state index in [-0.39, 0.29) is 0 Å². The molecule has 0 bridgehead atoms. The number of hydrogen-bond donors (Lipinski definition) is 1. The minimum absolute atomic E-state index is 0.670. The van der Waals surface area contributed by atoms with Gasteiger partial charge >= 0.3 is 0 Å². The number of rotatable bonds is 3. The number of aromatic nitrogens is 3. The van der Waals surface area contributed by atoms with Crippen molar-refractivity contribution in [2.45, 2.75) is 0 Å².